The second kappa shape index (κ2) is 16.5. The van der Waals surface area contributed by atoms with E-state index in [1.165, 1.54) is 12.0 Å². The molecule has 2 amide bonds. The van der Waals surface area contributed by atoms with Crippen LogP contribution in [0.4, 0.5) is 0 Å². The van der Waals surface area contributed by atoms with E-state index in [2.05, 4.69) is 9.71 Å². The van der Waals surface area contributed by atoms with E-state index in [0.717, 1.165) is 55.9 Å². The Morgan fingerprint density at radius 3 is 2.56 bits per heavy atom. The summed E-state index contributed by atoms with van der Waals surface area (Å²) in [5.74, 6) is -1.24. The first-order chi connectivity index (χ1) is 26.5. The molecule has 3 fully saturated rings. The number of carbonyl (C=O) groups is 4. The lowest BCUT2D eigenvalue weighted by molar-refractivity contribution is -0.150. The zero-order valence-corrected chi connectivity index (χ0v) is 32.7. The van der Waals surface area contributed by atoms with Gasteiger partial charge in [-0.15, -0.1) is 0 Å². The summed E-state index contributed by atoms with van der Waals surface area (Å²) in [6.07, 6.45) is 12.3. The summed E-state index contributed by atoms with van der Waals surface area (Å²) in [6, 6.07) is 4.64. The van der Waals surface area contributed by atoms with Crippen molar-refractivity contribution in [2.24, 2.45) is 17.3 Å². The van der Waals surface area contributed by atoms with Crippen LogP contribution in [-0.4, -0.2) is 86.6 Å². The molecule has 14 heteroatoms. The zero-order valence-electron chi connectivity index (χ0n) is 31.9. The highest BCUT2D eigenvalue weighted by Gasteiger charge is 2.61. The Labute approximate surface area is 322 Å². The minimum atomic E-state index is -3.84. The molecule has 2 saturated carbocycles. The van der Waals surface area contributed by atoms with Crippen LogP contribution in [0.1, 0.15) is 102 Å². The number of allylic oxidation sites excluding steroid dienone is 2. The van der Waals surface area contributed by atoms with Gasteiger partial charge in [0.05, 0.1) is 56.0 Å². The molecular weight excluding hydrogens is 727 g/mol. The van der Waals surface area contributed by atoms with Crippen molar-refractivity contribution in [1.29, 1.82) is 0 Å². The number of cyclic esters (lactones) is 1. The molecule has 1 N–H and O–H groups in total. The van der Waals surface area contributed by atoms with E-state index in [0.29, 0.717) is 61.4 Å². The van der Waals surface area contributed by atoms with Crippen molar-refractivity contribution in [3.8, 4) is 17.4 Å². The Bertz CT molecular complexity index is 1940. The van der Waals surface area contributed by atoms with Gasteiger partial charge in [-0.25, -0.2) is 13.4 Å². The molecule has 1 aromatic carbocycles. The smallest absolute Gasteiger partial charge is 0.306 e. The van der Waals surface area contributed by atoms with E-state index in [-0.39, 0.29) is 50.0 Å². The lowest BCUT2D eigenvalue weighted by Gasteiger charge is -2.29. The Balaban J connectivity index is 1.25. The number of nitrogens with zero attached hydrogens (tertiary/aromatic N) is 2. The molecule has 2 aromatic rings. The van der Waals surface area contributed by atoms with Gasteiger partial charge in [0.1, 0.15) is 17.6 Å². The lowest BCUT2D eigenvalue weighted by atomic mass is 9.90. The fraction of sp³-hybridized carbons (Fsp3) is 0.634. The fourth-order valence-corrected chi connectivity index (χ4v) is 9.93. The number of methoxy groups -OCH3 is 2. The van der Waals surface area contributed by atoms with Crippen molar-refractivity contribution in [1.82, 2.24) is 14.6 Å². The average molecular weight is 780 g/mol. The SMILES string of the molecule is COc1cc2c3cc(c(OC)cc3n1)CCCCCCOC(=O)C[C@H]1CCCCC/C=C\[C@H]3C[C@@]3(C(=O)NS(=O)(=O)C3CC3)CC(=O)[C@@H]3C[C@H](CN3C1=O)O2. The number of aromatic nitrogens is 1. The van der Waals surface area contributed by atoms with Gasteiger partial charge in [0.15, 0.2) is 5.78 Å². The maximum Gasteiger partial charge on any atom is 0.306 e. The number of hydrogen-bond donors (Lipinski definition) is 1. The molecule has 5 bridgehead atoms. The van der Waals surface area contributed by atoms with Crippen LogP contribution in [0.15, 0.2) is 30.4 Å². The number of rotatable bonds is 5. The van der Waals surface area contributed by atoms with E-state index in [1.54, 1.807) is 13.2 Å². The highest BCUT2D eigenvalue weighted by molar-refractivity contribution is 7.90. The van der Waals surface area contributed by atoms with Crippen molar-refractivity contribution < 1.29 is 46.5 Å². The zero-order chi connectivity index (χ0) is 38.7. The number of carbonyl (C=O) groups excluding carboxylic acids is 4. The highest BCUT2D eigenvalue weighted by atomic mass is 32.2. The predicted octanol–water partition coefficient (Wildman–Crippen LogP) is 5.36. The summed E-state index contributed by atoms with van der Waals surface area (Å²) < 4.78 is 51.7. The minimum Gasteiger partial charge on any atom is -0.496 e. The number of benzene rings is 1. The number of fused-ring (bicyclic) bond motifs is 4. The maximum atomic E-state index is 14.6. The van der Waals surface area contributed by atoms with E-state index < -0.39 is 50.6 Å². The molecule has 0 spiro atoms. The maximum absolute atomic E-state index is 14.6. The van der Waals surface area contributed by atoms with Crippen LogP contribution in [-0.2, 0) is 40.4 Å². The third-order valence-electron chi connectivity index (χ3n) is 12.0. The van der Waals surface area contributed by atoms with Crippen molar-refractivity contribution in [3.63, 3.8) is 0 Å². The second-order valence-corrected chi connectivity index (χ2v) is 17.9. The summed E-state index contributed by atoms with van der Waals surface area (Å²) in [7, 11) is -0.699. The van der Waals surface area contributed by atoms with Crippen LogP contribution < -0.4 is 18.9 Å². The van der Waals surface area contributed by atoms with Crippen LogP contribution in [0.25, 0.3) is 10.9 Å². The summed E-state index contributed by atoms with van der Waals surface area (Å²) in [4.78, 5) is 62.4. The largest absolute Gasteiger partial charge is 0.496 e. The quantitative estimate of drug-likeness (QED) is 0.307. The monoisotopic (exact) mass is 779 g/mol. The standard InChI is InChI=1S/C41H53N3O10S/c1-51-35-21-32-31-18-26(35)12-8-6-7-11-17-53-38(46)19-27-13-9-4-3-5-10-14-28-23-41(28,40(48)43-55(49,50)30-15-16-30)24-34(45)33-20-29(25-44(33)39(27)47)54-36(31)22-37(42-32)52-2/h10,14,18,21-22,27-30,33H,3-9,11-13,15-17,19-20,23-25H2,1-2H3,(H,43,48)/b14-10-/t27-,28+,29-,33+,41-/m1/s1. The van der Waals surface area contributed by atoms with Gasteiger partial charge in [0.25, 0.3) is 0 Å². The van der Waals surface area contributed by atoms with Crippen molar-refractivity contribution in [2.75, 3.05) is 27.4 Å². The number of aryl methyl sites for hydroxylation is 1. The Hall–Kier alpha value is -4.20. The van der Waals surface area contributed by atoms with Crippen molar-refractivity contribution in [2.45, 2.75) is 120 Å². The van der Waals surface area contributed by atoms with Crippen molar-refractivity contribution >= 4 is 44.5 Å². The summed E-state index contributed by atoms with van der Waals surface area (Å²) >= 11 is 0. The molecule has 3 aliphatic heterocycles. The summed E-state index contributed by atoms with van der Waals surface area (Å²) in [6.45, 7) is 0.347. The molecule has 5 aliphatic rings. The number of nitrogens with one attached hydrogen (secondary N) is 1. The van der Waals surface area contributed by atoms with Gasteiger partial charge in [0, 0.05) is 36.3 Å². The molecular formula is C41H53N3O10S. The third-order valence-corrected chi connectivity index (χ3v) is 13.8. The van der Waals surface area contributed by atoms with Gasteiger partial charge in [-0.3, -0.25) is 23.9 Å². The number of Topliss-reactive ketones (excluding diaryl/α,β-unsaturated/α-hetero) is 1. The summed E-state index contributed by atoms with van der Waals surface area (Å²) in [5.41, 5.74) is 0.365. The normalized spacial score (nSPS) is 29.1. The number of pyridine rings is 1. The van der Waals surface area contributed by atoms with Gasteiger partial charge < -0.3 is 23.8 Å². The predicted molar refractivity (Wildman–Crippen MR) is 203 cm³/mol. The first kappa shape index (κ1) is 39.1. The second-order valence-electron chi connectivity index (χ2n) is 16.0. The third kappa shape index (κ3) is 8.79. The number of ether oxygens (including phenoxy) is 4. The Morgan fingerprint density at radius 2 is 1.78 bits per heavy atom. The Morgan fingerprint density at radius 1 is 0.982 bits per heavy atom. The number of amides is 2. The molecule has 2 aliphatic carbocycles. The number of hydrogen-bond acceptors (Lipinski definition) is 11. The van der Waals surface area contributed by atoms with Crippen LogP contribution in [0, 0.1) is 17.3 Å². The molecule has 5 atom stereocenters. The first-order valence-corrected chi connectivity index (χ1v) is 21.5. The molecule has 55 heavy (non-hydrogen) atoms. The molecule has 1 saturated heterocycles. The molecule has 0 unspecified atom stereocenters. The van der Waals surface area contributed by atoms with E-state index in [4.69, 9.17) is 18.9 Å². The summed E-state index contributed by atoms with van der Waals surface area (Å²) in [5, 5.41) is 0.152. The number of sulfonamides is 1. The van der Waals surface area contributed by atoms with Crippen LogP contribution in [0.5, 0.6) is 17.4 Å². The van der Waals surface area contributed by atoms with Gasteiger partial charge in [-0.05, 0) is 75.3 Å². The minimum absolute atomic E-state index is 0.0779. The van der Waals surface area contributed by atoms with E-state index in [9.17, 15) is 27.6 Å². The van der Waals surface area contributed by atoms with E-state index in [1.807, 2.05) is 24.3 Å². The topological polar surface area (TPSA) is 167 Å². The fourth-order valence-electron chi connectivity index (χ4n) is 8.55. The molecule has 0 radical (unpaired) electrons. The number of esters is 1. The molecule has 1 aromatic heterocycles. The van der Waals surface area contributed by atoms with Gasteiger partial charge in [-0.2, -0.15) is 0 Å². The van der Waals surface area contributed by atoms with E-state index >= 15 is 0 Å². The molecule has 13 nitrogen and oxygen atoms in total. The van der Waals surface area contributed by atoms with Crippen LogP contribution in [0.2, 0.25) is 0 Å². The van der Waals surface area contributed by atoms with Crippen LogP contribution >= 0.6 is 0 Å². The van der Waals surface area contributed by atoms with Crippen LogP contribution in [0.3, 0.4) is 0 Å². The first-order valence-electron chi connectivity index (χ1n) is 19.9. The van der Waals surface area contributed by atoms with Gasteiger partial charge in [0.2, 0.25) is 27.7 Å². The molecule has 4 heterocycles. The highest BCUT2D eigenvalue weighted by Crippen LogP contribution is 2.57. The number of ketones is 1. The van der Waals surface area contributed by atoms with Gasteiger partial charge >= 0.3 is 5.97 Å². The van der Waals surface area contributed by atoms with Crippen molar-refractivity contribution in [3.05, 3.63) is 35.9 Å². The molecule has 7 rings (SSSR count). The average Bonchev–Trinajstić information content (AvgIpc) is 4.09. The Kier molecular flexibility index (Phi) is 11.7. The lowest BCUT2D eigenvalue weighted by Crippen LogP contribution is -2.46. The molecule has 298 valence electrons. The van der Waals surface area contributed by atoms with Gasteiger partial charge in [-0.1, -0.05) is 37.8 Å².